The smallest absolute Gasteiger partial charge is 0.136 e. The van der Waals surface area contributed by atoms with Gasteiger partial charge in [0.1, 0.15) is 5.76 Å². The van der Waals surface area contributed by atoms with Crippen LogP contribution >= 0.6 is 0 Å². The second kappa shape index (κ2) is 3.20. The summed E-state index contributed by atoms with van der Waals surface area (Å²) < 4.78 is 4.99. The Morgan fingerprint density at radius 3 is 3.10 bits per heavy atom. The van der Waals surface area contributed by atoms with E-state index in [1.165, 1.54) is 0 Å². The summed E-state index contributed by atoms with van der Waals surface area (Å²) in [5.41, 5.74) is 1.11. The van der Waals surface area contributed by atoms with Gasteiger partial charge in [0.05, 0.1) is 13.3 Å². The first-order valence-corrected chi connectivity index (χ1v) is 3.27. The predicted molar refractivity (Wildman–Crippen MR) is 42.0 cm³/mol. The Morgan fingerprint density at radius 1 is 1.60 bits per heavy atom. The number of ether oxygens (including phenoxy) is 1. The molecule has 1 heterocycles. The molecule has 0 saturated carbocycles. The minimum Gasteiger partial charge on any atom is -0.495 e. The third-order valence-electron chi connectivity index (χ3n) is 1.34. The van der Waals surface area contributed by atoms with Crippen molar-refractivity contribution < 1.29 is 4.74 Å². The summed E-state index contributed by atoms with van der Waals surface area (Å²) in [5, 5.41) is 0. The number of hydrogen-bond donors (Lipinski definition) is 0. The first kappa shape index (κ1) is 7.06. The van der Waals surface area contributed by atoms with Crippen molar-refractivity contribution >= 4 is 5.71 Å². The fourth-order valence-electron chi connectivity index (χ4n) is 0.736. The van der Waals surface area contributed by atoms with Gasteiger partial charge in [-0.1, -0.05) is 6.08 Å². The van der Waals surface area contributed by atoms with E-state index in [1.807, 2.05) is 19.1 Å². The number of allylic oxidation sites excluding steroid dienone is 2. The minimum absolute atomic E-state index is 0.817. The Labute approximate surface area is 60.9 Å². The van der Waals surface area contributed by atoms with Gasteiger partial charge >= 0.3 is 0 Å². The molecule has 0 amide bonds. The lowest BCUT2D eigenvalue weighted by atomic mass is 10.3. The van der Waals surface area contributed by atoms with E-state index in [2.05, 4.69) is 4.99 Å². The highest BCUT2D eigenvalue weighted by Crippen LogP contribution is 2.04. The monoisotopic (exact) mass is 137 g/mol. The molecular formula is C8H11NO. The third-order valence-corrected chi connectivity index (χ3v) is 1.34. The Kier molecular flexibility index (Phi) is 2.26. The summed E-state index contributed by atoms with van der Waals surface area (Å²) in [5.74, 6) is 0.817. The average Bonchev–Trinajstić information content (AvgIpc) is 2.14. The average molecular weight is 137 g/mol. The van der Waals surface area contributed by atoms with E-state index >= 15 is 0 Å². The summed E-state index contributed by atoms with van der Waals surface area (Å²) in [7, 11) is 1.65. The van der Waals surface area contributed by atoms with Gasteiger partial charge in [0.2, 0.25) is 0 Å². The van der Waals surface area contributed by atoms with Crippen molar-refractivity contribution in [2.24, 2.45) is 4.99 Å². The maximum absolute atomic E-state index is 4.99. The van der Waals surface area contributed by atoms with Gasteiger partial charge in [0.25, 0.3) is 0 Å². The van der Waals surface area contributed by atoms with Crippen LogP contribution in [0.5, 0.6) is 0 Å². The fourth-order valence-corrected chi connectivity index (χ4v) is 0.736. The quantitative estimate of drug-likeness (QED) is 0.541. The molecule has 0 fully saturated rings. The van der Waals surface area contributed by atoms with Crippen molar-refractivity contribution in [1.82, 2.24) is 0 Å². The SMILES string of the molecule is COC1=CN=C(C)CC=C1. The molecule has 0 saturated heterocycles. The van der Waals surface area contributed by atoms with Gasteiger partial charge in [-0.3, -0.25) is 4.99 Å². The van der Waals surface area contributed by atoms with Gasteiger partial charge < -0.3 is 4.74 Å². The van der Waals surface area contributed by atoms with E-state index in [1.54, 1.807) is 13.3 Å². The number of hydrogen-bond acceptors (Lipinski definition) is 2. The number of rotatable bonds is 1. The molecule has 0 atom stereocenters. The molecule has 54 valence electrons. The molecule has 0 N–H and O–H groups in total. The summed E-state index contributed by atoms with van der Waals surface area (Å²) in [6.07, 6.45) is 6.63. The lowest BCUT2D eigenvalue weighted by Crippen LogP contribution is -1.83. The number of aliphatic imine (C=N–C) groups is 1. The maximum atomic E-state index is 4.99. The summed E-state index contributed by atoms with van der Waals surface area (Å²) in [4.78, 5) is 4.14. The molecule has 0 aromatic carbocycles. The summed E-state index contributed by atoms with van der Waals surface area (Å²) in [6, 6.07) is 0. The maximum Gasteiger partial charge on any atom is 0.136 e. The molecule has 10 heavy (non-hydrogen) atoms. The van der Waals surface area contributed by atoms with Crippen LogP contribution in [0.4, 0.5) is 0 Å². The van der Waals surface area contributed by atoms with Gasteiger partial charge in [-0.05, 0) is 13.0 Å². The van der Waals surface area contributed by atoms with Crippen LogP contribution in [0, 0.1) is 0 Å². The second-order valence-electron chi connectivity index (χ2n) is 2.21. The Hall–Kier alpha value is -1.05. The van der Waals surface area contributed by atoms with Crippen LogP contribution in [0.3, 0.4) is 0 Å². The first-order chi connectivity index (χ1) is 4.83. The van der Waals surface area contributed by atoms with E-state index in [0.29, 0.717) is 0 Å². The minimum atomic E-state index is 0.817. The van der Waals surface area contributed by atoms with E-state index in [0.717, 1.165) is 17.9 Å². The molecule has 0 aromatic rings. The van der Waals surface area contributed by atoms with Gasteiger partial charge in [-0.25, -0.2) is 0 Å². The van der Waals surface area contributed by atoms with Crippen molar-refractivity contribution in [3.8, 4) is 0 Å². The highest BCUT2D eigenvalue weighted by atomic mass is 16.5. The lowest BCUT2D eigenvalue weighted by molar-refractivity contribution is 0.306. The molecule has 0 radical (unpaired) electrons. The molecule has 0 aliphatic carbocycles. The second-order valence-corrected chi connectivity index (χ2v) is 2.21. The van der Waals surface area contributed by atoms with Gasteiger partial charge in [0.15, 0.2) is 0 Å². The molecule has 2 nitrogen and oxygen atoms in total. The first-order valence-electron chi connectivity index (χ1n) is 3.27. The molecule has 2 heteroatoms. The Balaban J connectivity index is 2.75. The van der Waals surface area contributed by atoms with Gasteiger partial charge in [0, 0.05) is 12.1 Å². The highest BCUT2D eigenvalue weighted by Gasteiger charge is 1.93. The van der Waals surface area contributed by atoms with Crippen LogP contribution in [0.1, 0.15) is 13.3 Å². The zero-order valence-corrected chi connectivity index (χ0v) is 6.29. The van der Waals surface area contributed by atoms with E-state index < -0.39 is 0 Å². The zero-order valence-electron chi connectivity index (χ0n) is 6.29. The van der Waals surface area contributed by atoms with Crippen LogP contribution < -0.4 is 0 Å². The highest BCUT2D eigenvalue weighted by molar-refractivity contribution is 5.84. The third kappa shape index (κ3) is 1.72. The van der Waals surface area contributed by atoms with Crippen molar-refractivity contribution in [3.63, 3.8) is 0 Å². The molecule has 0 unspecified atom stereocenters. The van der Waals surface area contributed by atoms with Crippen LogP contribution in [0.15, 0.2) is 29.1 Å². The largest absolute Gasteiger partial charge is 0.495 e. The number of nitrogens with zero attached hydrogens (tertiary/aromatic N) is 1. The van der Waals surface area contributed by atoms with Crippen molar-refractivity contribution in [2.45, 2.75) is 13.3 Å². The van der Waals surface area contributed by atoms with Crippen molar-refractivity contribution in [3.05, 3.63) is 24.1 Å². The summed E-state index contributed by atoms with van der Waals surface area (Å²) in [6.45, 7) is 2.00. The van der Waals surface area contributed by atoms with Crippen LogP contribution in [-0.4, -0.2) is 12.8 Å². The molecule has 1 aliphatic rings. The van der Waals surface area contributed by atoms with Crippen molar-refractivity contribution in [1.29, 1.82) is 0 Å². The van der Waals surface area contributed by atoms with Gasteiger partial charge in [-0.2, -0.15) is 0 Å². The van der Waals surface area contributed by atoms with E-state index in [-0.39, 0.29) is 0 Å². The predicted octanol–water partition coefficient (Wildman–Crippen LogP) is 1.90. The molecule has 1 aliphatic heterocycles. The standard InChI is InChI=1S/C8H11NO/c1-7-4-3-5-8(10-2)6-9-7/h3,5-6H,4H2,1-2H3. The molecule has 1 rings (SSSR count). The molecular weight excluding hydrogens is 126 g/mol. The summed E-state index contributed by atoms with van der Waals surface area (Å²) >= 11 is 0. The molecule has 0 spiro atoms. The normalized spacial score (nSPS) is 17.4. The Bertz CT molecular complexity index is 201. The zero-order chi connectivity index (χ0) is 7.40. The van der Waals surface area contributed by atoms with Crippen LogP contribution in [-0.2, 0) is 4.74 Å². The fraction of sp³-hybridized carbons (Fsp3) is 0.375. The van der Waals surface area contributed by atoms with Crippen molar-refractivity contribution in [2.75, 3.05) is 7.11 Å². The molecule has 0 bridgehead atoms. The van der Waals surface area contributed by atoms with Crippen LogP contribution in [0.25, 0.3) is 0 Å². The van der Waals surface area contributed by atoms with Crippen LogP contribution in [0.2, 0.25) is 0 Å². The van der Waals surface area contributed by atoms with E-state index in [9.17, 15) is 0 Å². The van der Waals surface area contributed by atoms with Gasteiger partial charge in [-0.15, -0.1) is 0 Å². The topological polar surface area (TPSA) is 21.6 Å². The van der Waals surface area contributed by atoms with E-state index in [4.69, 9.17) is 4.74 Å². The molecule has 0 aromatic heterocycles. The lowest BCUT2D eigenvalue weighted by Gasteiger charge is -1.93. The Morgan fingerprint density at radius 2 is 2.40 bits per heavy atom. The number of methoxy groups -OCH3 is 1.